The number of rotatable bonds is 5. The second kappa shape index (κ2) is 8.71. The van der Waals surface area contributed by atoms with Crippen molar-refractivity contribution in [2.24, 2.45) is 0 Å². The van der Waals surface area contributed by atoms with Gasteiger partial charge in [0.15, 0.2) is 0 Å². The molecule has 0 saturated carbocycles. The molecule has 5 rings (SSSR count). The molecule has 2 aliphatic rings. The molecule has 0 radical (unpaired) electrons. The fourth-order valence-electron chi connectivity index (χ4n) is 4.50. The summed E-state index contributed by atoms with van der Waals surface area (Å²) in [4.78, 5) is 28.2. The van der Waals surface area contributed by atoms with Crippen LogP contribution in [0.3, 0.4) is 0 Å². The summed E-state index contributed by atoms with van der Waals surface area (Å²) in [7, 11) is 3.21. The molecule has 0 bridgehead atoms. The van der Waals surface area contributed by atoms with E-state index in [9.17, 15) is 9.59 Å². The molecule has 6 nitrogen and oxygen atoms in total. The number of imide groups is 1. The molecule has 1 atom stereocenters. The fraction of sp³-hybridized carbons (Fsp3) is 0.214. The van der Waals surface area contributed by atoms with Crippen molar-refractivity contribution in [1.82, 2.24) is 4.90 Å². The third-order valence-electron chi connectivity index (χ3n) is 6.22. The zero-order valence-electron chi connectivity index (χ0n) is 19.3. The number of fused-ring (bicyclic) bond motifs is 2. The minimum atomic E-state index is -0.351. The number of ether oxygens (including phenoxy) is 3. The Kier molecular flexibility index (Phi) is 5.57. The third kappa shape index (κ3) is 3.81. The summed E-state index contributed by atoms with van der Waals surface area (Å²) in [5.74, 6) is 1.50. The van der Waals surface area contributed by atoms with Gasteiger partial charge < -0.3 is 14.2 Å². The lowest BCUT2D eigenvalue weighted by atomic mass is 9.91. The molecule has 3 aromatic carbocycles. The van der Waals surface area contributed by atoms with Crippen LogP contribution in [0.4, 0.5) is 0 Å². The van der Waals surface area contributed by atoms with E-state index in [1.54, 1.807) is 38.5 Å². The summed E-state index contributed by atoms with van der Waals surface area (Å²) in [5, 5.41) is 0. The highest BCUT2D eigenvalue weighted by atomic mass is 16.5. The molecule has 0 N–H and O–H groups in total. The van der Waals surface area contributed by atoms with E-state index in [2.05, 4.69) is 0 Å². The maximum Gasteiger partial charge on any atom is 0.261 e. The molecule has 172 valence electrons. The minimum absolute atomic E-state index is 0.0947. The molecular weight excluding hydrogens is 430 g/mol. The van der Waals surface area contributed by atoms with Crippen LogP contribution in [0.15, 0.2) is 60.7 Å². The lowest BCUT2D eigenvalue weighted by molar-refractivity contribution is -0.123. The van der Waals surface area contributed by atoms with E-state index in [-0.39, 0.29) is 24.5 Å². The second-order valence-electron chi connectivity index (χ2n) is 8.48. The van der Waals surface area contributed by atoms with Crippen molar-refractivity contribution in [3.63, 3.8) is 0 Å². The second-order valence-corrected chi connectivity index (χ2v) is 8.48. The molecule has 2 aliphatic heterocycles. The van der Waals surface area contributed by atoms with Gasteiger partial charge in [0.1, 0.15) is 23.4 Å². The summed E-state index contributed by atoms with van der Waals surface area (Å²) in [5.41, 5.74) is 4.18. The van der Waals surface area contributed by atoms with Crippen LogP contribution in [0.5, 0.6) is 17.2 Å². The molecule has 0 saturated heterocycles. The molecule has 1 unspecified atom stereocenters. The zero-order chi connectivity index (χ0) is 23.8. The monoisotopic (exact) mass is 455 g/mol. The van der Waals surface area contributed by atoms with Gasteiger partial charge in [-0.3, -0.25) is 14.5 Å². The van der Waals surface area contributed by atoms with Crippen molar-refractivity contribution >= 4 is 23.5 Å². The molecule has 2 amide bonds. The van der Waals surface area contributed by atoms with Gasteiger partial charge >= 0.3 is 0 Å². The summed E-state index contributed by atoms with van der Waals surface area (Å²) >= 11 is 0. The lowest BCUT2D eigenvalue weighted by Gasteiger charge is -2.29. The van der Waals surface area contributed by atoms with Gasteiger partial charge in [-0.05, 0) is 54.5 Å². The quantitative estimate of drug-likeness (QED) is 0.410. The number of hydrogen-bond donors (Lipinski definition) is 0. The van der Waals surface area contributed by atoms with Crippen molar-refractivity contribution in [3.05, 3.63) is 88.5 Å². The van der Waals surface area contributed by atoms with Crippen molar-refractivity contribution in [1.29, 1.82) is 0 Å². The number of nitrogens with zero attached hydrogens (tertiary/aromatic N) is 1. The van der Waals surface area contributed by atoms with E-state index in [1.165, 1.54) is 4.90 Å². The summed E-state index contributed by atoms with van der Waals surface area (Å²) < 4.78 is 16.8. The molecule has 0 aromatic heterocycles. The molecule has 6 heteroatoms. The van der Waals surface area contributed by atoms with Crippen LogP contribution >= 0.6 is 0 Å². The first kappa shape index (κ1) is 21.8. The first-order valence-corrected chi connectivity index (χ1v) is 11.2. The van der Waals surface area contributed by atoms with Gasteiger partial charge in [0.05, 0.1) is 20.8 Å². The zero-order valence-corrected chi connectivity index (χ0v) is 19.3. The van der Waals surface area contributed by atoms with E-state index in [4.69, 9.17) is 14.2 Å². The van der Waals surface area contributed by atoms with Crippen LogP contribution in [-0.2, 0) is 17.8 Å². The number of methoxy groups -OCH3 is 2. The molecule has 0 fully saturated rings. The summed E-state index contributed by atoms with van der Waals surface area (Å²) in [6, 6.07) is 18.4. The normalized spacial score (nSPS) is 17.9. The standard InChI is InChI=1S/C28H25NO5/c1-17-12-19-14-25(33-3)20(15-26(19)34-17)13-24-22-6-4-5-7-23(22)27(30)29(28(24)31)16-18-8-10-21(32-2)11-9-18/h4-11,13-15,17H,12,16H2,1-3H3/b24-13+. The fourth-order valence-corrected chi connectivity index (χ4v) is 4.50. The van der Waals surface area contributed by atoms with Crippen LogP contribution in [0.2, 0.25) is 0 Å². The highest BCUT2D eigenvalue weighted by Crippen LogP contribution is 2.38. The minimum Gasteiger partial charge on any atom is -0.497 e. The Balaban J connectivity index is 1.58. The Morgan fingerprint density at radius 3 is 2.41 bits per heavy atom. The molecule has 3 aromatic rings. The lowest BCUT2D eigenvalue weighted by Crippen LogP contribution is -2.41. The van der Waals surface area contributed by atoms with Gasteiger partial charge in [-0.2, -0.15) is 0 Å². The van der Waals surface area contributed by atoms with Crippen molar-refractivity contribution in [3.8, 4) is 17.2 Å². The smallest absolute Gasteiger partial charge is 0.261 e. The van der Waals surface area contributed by atoms with Crippen molar-refractivity contribution in [2.75, 3.05) is 14.2 Å². The van der Waals surface area contributed by atoms with Crippen molar-refractivity contribution in [2.45, 2.75) is 26.0 Å². The van der Waals surface area contributed by atoms with Crippen LogP contribution < -0.4 is 14.2 Å². The van der Waals surface area contributed by atoms with Gasteiger partial charge in [0, 0.05) is 28.7 Å². The van der Waals surface area contributed by atoms with Gasteiger partial charge in [-0.1, -0.05) is 30.3 Å². The molecule has 34 heavy (non-hydrogen) atoms. The van der Waals surface area contributed by atoms with Crippen LogP contribution in [0.25, 0.3) is 11.6 Å². The Labute approximate surface area is 198 Å². The number of hydrogen-bond acceptors (Lipinski definition) is 5. The Morgan fingerprint density at radius 2 is 1.71 bits per heavy atom. The molecule has 0 spiro atoms. The van der Waals surface area contributed by atoms with Crippen LogP contribution in [0, 0.1) is 0 Å². The predicted molar refractivity (Wildman–Crippen MR) is 129 cm³/mol. The highest BCUT2D eigenvalue weighted by molar-refractivity contribution is 6.33. The average Bonchev–Trinajstić information content (AvgIpc) is 3.22. The Hall–Kier alpha value is -4.06. The SMILES string of the molecule is COc1ccc(CN2C(=O)/C(=C/c3cc4c(cc3OC)CC(C)O4)c3ccccc3C2=O)cc1. The number of benzene rings is 3. The maximum atomic E-state index is 13.7. The highest BCUT2D eigenvalue weighted by Gasteiger charge is 2.35. The summed E-state index contributed by atoms with van der Waals surface area (Å²) in [6.45, 7) is 2.18. The Morgan fingerprint density at radius 1 is 0.971 bits per heavy atom. The van der Waals surface area contributed by atoms with Gasteiger partial charge in [0.25, 0.3) is 11.8 Å². The van der Waals surface area contributed by atoms with E-state index < -0.39 is 0 Å². The topological polar surface area (TPSA) is 65.1 Å². The number of carbonyl (C=O) groups is 2. The molecular formula is C28H25NO5. The summed E-state index contributed by atoms with van der Waals surface area (Å²) in [6.07, 6.45) is 2.70. The third-order valence-corrected chi connectivity index (χ3v) is 6.22. The first-order valence-electron chi connectivity index (χ1n) is 11.2. The molecule has 0 aliphatic carbocycles. The average molecular weight is 456 g/mol. The van der Waals surface area contributed by atoms with Crippen molar-refractivity contribution < 1.29 is 23.8 Å². The number of amides is 2. The van der Waals surface area contributed by atoms with Crippen LogP contribution in [0.1, 0.15) is 39.5 Å². The Bertz CT molecular complexity index is 1310. The first-order chi connectivity index (χ1) is 16.5. The van der Waals surface area contributed by atoms with Gasteiger partial charge in [0.2, 0.25) is 0 Å². The van der Waals surface area contributed by atoms with E-state index in [0.29, 0.717) is 28.2 Å². The number of carbonyl (C=O) groups excluding carboxylic acids is 2. The van der Waals surface area contributed by atoms with E-state index >= 15 is 0 Å². The van der Waals surface area contributed by atoms with Gasteiger partial charge in [-0.25, -0.2) is 0 Å². The maximum absolute atomic E-state index is 13.7. The predicted octanol–water partition coefficient (Wildman–Crippen LogP) is 4.75. The molecule has 2 heterocycles. The van der Waals surface area contributed by atoms with Gasteiger partial charge in [-0.15, -0.1) is 0 Å². The van der Waals surface area contributed by atoms with E-state index in [1.807, 2.05) is 49.4 Å². The van der Waals surface area contributed by atoms with Crippen LogP contribution in [-0.4, -0.2) is 37.0 Å². The van der Waals surface area contributed by atoms with E-state index in [0.717, 1.165) is 28.9 Å². The largest absolute Gasteiger partial charge is 0.497 e.